The lowest BCUT2D eigenvalue weighted by molar-refractivity contribution is 0.100. The van der Waals surface area contributed by atoms with E-state index in [0.717, 1.165) is 0 Å². The average molecular weight is 309 g/mol. The first kappa shape index (κ1) is 14.4. The van der Waals surface area contributed by atoms with Crippen molar-refractivity contribution in [1.29, 1.82) is 0 Å². The van der Waals surface area contributed by atoms with E-state index in [1.54, 1.807) is 18.2 Å². The predicted molar refractivity (Wildman–Crippen MR) is 79.4 cm³/mol. The van der Waals surface area contributed by atoms with Gasteiger partial charge in [-0.2, -0.15) is 0 Å². The summed E-state index contributed by atoms with van der Waals surface area (Å²) in [5.74, 6) is -1.02. The summed E-state index contributed by atoms with van der Waals surface area (Å²) >= 11 is 11.6. The SMILES string of the molecule is NC(=O)c1ccccc1NC(=O)c1ccc(Cl)c(Cl)c1. The number of carbonyl (C=O) groups is 2. The molecule has 2 aromatic carbocycles. The molecule has 0 aliphatic carbocycles. The molecule has 3 N–H and O–H groups in total. The third-order valence-electron chi connectivity index (χ3n) is 2.62. The number of rotatable bonds is 3. The molecule has 0 heterocycles. The minimum absolute atomic E-state index is 0.237. The summed E-state index contributed by atoms with van der Waals surface area (Å²) in [6, 6.07) is 11.0. The zero-order valence-corrected chi connectivity index (χ0v) is 11.7. The van der Waals surface area contributed by atoms with E-state index >= 15 is 0 Å². The molecule has 6 heteroatoms. The predicted octanol–water partition coefficient (Wildman–Crippen LogP) is 3.34. The maximum absolute atomic E-state index is 12.1. The summed E-state index contributed by atoms with van der Waals surface area (Å²) in [4.78, 5) is 23.4. The first-order valence-corrected chi connectivity index (χ1v) is 6.40. The van der Waals surface area contributed by atoms with Crippen LogP contribution in [0.2, 0.25) is 10.0 Å². The molecule has 0 spiro atoms. The average Bonchev–Trinajstić information content (AvgIpc) is 2.42. The van der Waals surface area contributed by atoms with Gasteiger partial charge in [0.1, 0.15) is 0 Å². The van der Waals surface area contributed by atoms with Crippen LogP contribution in [0.15, 0.2) is 42.5 Å². The third-order valence-corrected chi connectivity index (χ3v) is 3.36. The van der Waals surface area contributed by atoms with Gasteiger partial charge in [0.15, 0.2) is 0 Å². The van der Waals surface area contributed by atoms with Crippen LogP contribution in [0.4, 0.5) is 5.69 Å². The van der Waals surface area contributed by atoms with Crippen molar-refractivity contribution < 1.29 is 9.59 Å². The fourth-order valence-electron chi connectivity index (χ4n) is 1.64. The van der Waals surface area contributed by atoms with Crippen LogP contribution in [0.3, 0.4) is 0 Å². The quantitative estimate of drug-likeness (QED) is 0.912. The van der Waals surface area contributed by atoms with Gasteiger partial charge in [-0.25, -0.2) is 0 Å². The second-order valence-electron chi connectivity index (χ2n) is 3.99. The first-order chi connectivity index (χ1) is 9.49. The number of anilines is 1. The molecule has 102 valence electrons. The van der Waals surface area contributed by atoms with Gasteiger partial charge >= 0.3 is 0 Å². The number of nitrogens with one attached hydrogen (secondary N) is 1. The number of carbonyl (C=O) groups excluding carboxylic acids is 2. The van der Waals surface area contributed by atoms with Crippen LogP contribution in [0, 0.1) is 0 Å². The Morgan fingerprint density at radius 1 is 1.00 bits per heavy atom. The van der Waals surface area contributed by atoms with Gasteiger partial charge in [0, 0.05) is 5.56 Å². The van der Waals surface area contributed by atoms with E-state index in [9.17, 15) is 9.59 Å². The van der Waals surface area contributed by atoms with Gasteiger partial charge in [-0.05, 0) is 30.3 Å². The fourth-order valence-corrected chi connectivity index (χ4v) is 1.94. The lowest BCUT2D eigenvalue weighted by Crippen LogP contribution is -2.18. The molecule has 0 aliphatic rings. The Bertz CT molecular complexity index is 687. The molecule has 0 radical (unpaired) electrons. The van der Waals surface area contributed by atoms with Crippen molar-refractivity contribution in [2.45, 2.75) is 0 Å². The molecule has 0 aromatic heterocycles. The highest BCUT2D eigenvalue weighted by molar-refractivity contribution is 6.42. The van der Waals surface area contributed by atoms with Gasteiger partial charge in [-0.1, -0.05) is 35.3 Å². The minimum Gasteiger partial charge on any atom is -0.366 e. The Hall–Kier alpha value is -2.04. The molecular weight excluding hydrogens is 299 g/mol. The van der Waals surface area contributed by atoms with Crippen molar-refractivity contribution in [2.75, 3.05) is 5.32 Å². The zero-order valence-electron chi connectivity index (χ0n) is 10.2. The summed E-state index contributed by atoms with van der Waals surface area (Å²) < 4.78 is 0. The fraction of sp³-hybridized carbons (Fsp3) is 0. The molecule has 0 atom stereocenters. The Labute approximate surface area is 125 Å². The largest absolute Gasteiger partial charge is 0.366 e. The van der Waals surface area contributed by atoms with Crippen molar-refractivity contribution in [3.8, 4) is 0 Å². The van der Waals surface area contributed by atoms with Crippen LogP contribution in [0.5, 0.6) is 0 Å². The van der Waals surface area contributed by atoms with Crippen LogP contribution in [0.1, 0.15) is 20.7 Å². The second kappa shape index (κ2) is 5.94. The van der Waals surface area contributed by atoms with E-state index in [-0.39, 0.29) is 10.6 Å². The van der Waals surface area contributed by atoms with E-state index in [1.165, 1.54) is 24.3 Å². The van der Waals surface area contributed by atoms with Gasteiger partial charge < -0.3 is 11.1 Å². The first-order valence-electron chi connectivity index (χ1n) is 5.64. The molecule has 20 heavy (non-hydrogen) atoms. The summed E-state index contributed by atoms with van der Waals surface area (Å²) in [5.41, 5.74) is 6.16. The number of amides is 2. The number of hydrogen-bond acceptors (Lipinski definition) is 2. The number of halogens is 2. The van der Waals surface area contributed by atoms with Crippen molar-refractivity contribution in [1.82, 2.24) is 0 Å². The van der Waals surface area contributed by atoms with E-state index in [1.807, 2.05) is 0 Å². The van der Waals surface area contributed by atoms with Crippen molar-refractivity contribution in [2.24, 2.45) is 5.73 Å². The van der Waals surface area contributed by atoms with E-state index in [0.29, 0.717) is 16.3 Å². The minimum atomic E-state index is -0.616. The van der Waals surface area contributed by atoms with E-state index in [2.05, 4.69) is 5.32 Å². The summed E-state index contributed by atoms with van der Waals surface area (Å²) in [6.45, 7) is 0. The van der Waals surface area contributed by atoms with Gasteiger partial charge in [0.2, 0.25) is 0 Å². The van der Waals surface area contributed by atoms with Crippen LogP contribution >= 0.6 is 23.2 Å². The van der Waals surface area contributed by atoms with Gasteiger partial charge in [0.05, 0.1) is 21.3 Å². The smallest absolute Gasteiger partial charge is 0.255 e. The molecule has 2 aromatic rings. The van der Waals surface area contributed by atoms with Crippen LogP contribution in [0.25, 0.3) is 0 Å². The normalized spacial score (nSPS) is 10.1. The molecule has 0 bridgehead atoms. The van der Waals surface area contributed by atoms with Crippen LogP contribution in [-0.2, 0) is 0 Å². The van der Waals surface area contributed by atoms with Crippen molar-refractivity contribution in [3.05, 3.63) is 63.6 Å². The van der Waals surface area contributed by atoms with Gasteiger partial charge in [-0.3, -0.25) is 9.59 Å². The molecular formula is C14H10Cl2N2O2. The number of benzene rings is 2. The second-order valence-corrected chi connectivity index (χ2v) is 4.81. The molecule has 2 amide bonds. The summed E-state index contributed by atoms with van der Waals surface area (Å²) in [5, 5.41) is 3.26. The monoisotopic (exact) mass is 308 g/mol. The highest BCUT2D eigenvalue weighted by atomic mass is 35.5. The van der Waals surface area contributed by atoms with Crippen molar-refractivity contribution >= 4 is 40.7 Å². The zero-order chi connectivity index (χ0) is 14.7. The Kier molecular flexibility index (Phi) is 4.27. The number of para-hydroxylation sites is 1. The van der Waals surface area contributed by atoms with Gasteiger partial charge in [0.25, 0.3) is 11.8 Å². The molecule has 0 fully saturated rings. The number of primary amides is 1. The highest BCUT2D eigenvalue weighted by Gasteiger charge is 2.12. The molecule has 0 unspecified atom stereocenters. The lowest BCUT2D eigenvalue weighted by Gasteiger charge is -2.09. The lowest BCUT2D eigenvalue weighted by atomic mass is 10.1. The number of nitrogens with two attached hydrogens (primary N) is 1. The van der Waals surface area contributed by atoms with E-state index in [4.69, 9.17) is 28.9 Å². The molecule has 0 saturated carbocycles. The maximum Gasteiger partial charge on any atom is 0.255 e. The molecule has 0 saturated heterocycles. The summed E-state index contributed by atoms with van der Waals surface area (Å²) in [7, 11) is 0. The van der Waals surface area contributed by atoms with Crippen LogP contribution < -0.4 is 11.1 Å². The highest BCUT2D eigenvalue weighted by Crippen LogP contribution is 2.23. The topological polar surface area (TPSA) is 72.2 Å². The van der Waals surface area contributed by atoms with Gasteiger partial charge in [-0.15, -0.1) is 0 Å². The Morgan fingerprint density at radius 3 is 2.35 bits per heavy atom. The Balaban J connectivity index is 2.28. The van der Waals surface area contributed by atoms with Crippen LogP contribution in [-0.4, -0.2) is 11.8 Å². The summed E-state index contributed by atoms with van der Waals surface area (Å²) in [6.07, 6.45) is 0. The molecule has 0 aliphatic heterocycles. The standard InChI is InChI=1S/C14H10Cl2N2O2/c15-10-6-5-8(7-11(10)16)14(20)18-12-4-2-1-3-9(12)13(17)19/h1-7H,(H2,17,19)(H,18,20). The third kappa shape index (κ3) is 3.10. The molecule has 2 rings (SSSR count). The van der Waals surface area contributed by atoms with Crippen molar-refractivity contribution in [3.63, 3.8) is 0 Å². The van der Waals surface area contributed by atoms with E-state index < -0.39 is 11.8 Å². The molecule has 4 nitrogen and oxygen atoms in total. The maximum atomic E-state index is 12.1. The Morgan fingerprint density at radius 2 is 1.70 bits per heavy atom. The number of hydrogen-bond donors (Lipinski definition) is 2.